The molecule has 0 spiro atoms. The van der Waals surface area contributed by atoms with Crippen molar-refractivity contribution in [3.8, 4) is 5.75 Å². The fourth-order valence-electron chi connectivity index (χ4n) is 0.786. The molecule has 58 valence electrons. The Labute approximate surface area is 99.0 Å². The zero-order valence-electron chi connectivity index (χ0n) is 7.03. The molecule has 0 saturated carbocycles. The standard InChI is InChI=1S/C8H8O2S.Na/c1-10-7-4-2-3-6(5-9)8(7)11;/h2-5,11H,1H3;/q;+1/p-1. The summed E-state index contributed by atoms with van der Waals surface area (Å²) in [5.41, 5.74) is 0.499. The van der Waals surface area contributed by atoms with Gasteiger partial charge in [0.05, 0.1) is 12.9 Å². The quantitative estimate of drug-likeness (QED) is 0.320. The van der Waals surface area contributed by atoms with Gasteiger partial charge in [0.2, 0.25) is 0 Å². The number of hydrogen-bond donors (Lipinski definition) is 0. The first kappa shape index (κ1) is 11.9. The Morgan fingerprint density at radius 3 is 2.67 bits per heavy atom. The van der Waals surface area contributed by atoms with Gasteiger partial charge >= 0.3 is 29.6 Å². The number of methoxy groups -OCH3 is 1. The molecule has 0 saturated heterocycles. The molecule has 0 fully saturated rings. The predicted octanol–water partition coefficient (Wildman–Crippen LogP) is -1.58. The summed E-state index contributed by atoms with van der Waals surface area (Å²) in [5, 5.41) is 0. The summed E-state index contributed by atoms with van der Waals surface area (Å²) in [6.45, 7) is 0. The molecule has 0 aromatic heterocycles. The summed E-state index contributed by atoms with van der Waals surface area (Å²) >= 11 is 4.93. The molecule has 2 nitrogen and oxygen atoms in total. The molecule has 1 aromatic carbocycles. The first-order valence-electron chi connectivity index (χ1n) is 3.08. The van der Waals surface area contributed by atoms with Crippen molar-refractivity contribution in [3.05, 3.63) is 23.8 Å². The van der Waals surface area contributed by atoms with E-state index >= 15 is 0 Å². The van der Waals surface area contributed by atoms with Crippen LogP contribution in [0.15, 0.2) is 23.1 Å². The first-order valence-corrected chi connectivity index (χ1v) is 3.49. The van der Waals surface area contributed by atoms with E-state index in [4.69, 9.17) is 17.4 Å². The maximum atomic E-state index is 10.4. The van der Waals surface area contributed by atoms with Crippen LogP contribution in [0, 0.1) is 0 Å². The summed E-state index contributed by atoms with van der Waals surface area (Å²) < 4.78 is 4.92. The minimum Gasteiger partial charge on any atom is -0.776 e. The van der Waals surface area contributed by atoms with Gasteiger partial charge in [-0.2, -0.15) is 0 Å². The van der Waals surface area contributed by atoms with Gasteiger partial charge in [-0.1, -0.05) is 12.1 Å². The molecular weight excluding hydrogens is 183 g/mol. The van der Waals surface area contributed by atoms with Gasteiger partial charge in [0, 0.05) is 0 Å². The molecule has 0 atom stereocenters. The minimum absolute atomic E-state index is 0. The van der Waals surface area contributed by atoms with Crippen molar-refractivity contribution in [1.82, 2.24) is 0 Å². The van der Waals surface area contributed by atoms with Gasteiger partial charge in [-0.3, -0.25) is 4.79 Å². The van der Waals surface area contributed by atoms with E-state index in [1.807, 2.05) is 0 Å². The Hall–Kier alpha value is -0.0900. The monoisotopic (exact) mass is 190 g/mol. The van der Waals surface area contributed by atoms with Gasteiger partial charge in [0.25, 0.3) is 0 Å². The van der Waals surface area contributed by atoms with E-state index in [1.165, 1.54) is 7.11 Å². The predicted molar refractivity (Wildman–Crippen MR) is 44.0 cm³/mol. The largest absolute Gasteiger partial charge is 1.00 e. The van der Waals surface area contributed by atoms with Crippen LogP contribution in [0.4, 0.5) is 0 Å². The molecule has 0 amide bonds. The number of carbonyl (C=O) groups is 1. The van der Waals surface area contributed by atoms with Crippen molar-refractivity contribution in [2.75, 3.05) is 7.11 Å². The smallest absolute Gasteiger partial charge is 0.776 e. The first-order chi connectivity index (χ1) is 5.29. The summed E-state index contributed by atoms with van der Waals surface area (Å²) in [4.78, 5) is 10.9. The van der Waals surface area contributed by atoms with Crippen molar-refractivity contribution in [1.29, 1.82) is 0 Å². The summed E-state index contributed by atoms with van der Waals surface area (Å²) in [6, 6.07) is 5.13. The van der Waals surface area contributed by atoms with Gasteiger partial charge in [-0.05, 0) is 11.6 Å². The van der Waals surface area contributed by atoms with Crippen molar-refractivity contribution in [2.24, 2.45) is 0 Å². The molecule has 0 aliphatic heterocycles. The molecule has 4 heteroatoms. The van der Waals surface area contributed by atoms with E-state index in [1.54, 1.807) is 18.2 Å². The molecule has 0 unspecified atom stereocenters. The van der Waals surface area contributed by atoms with Crippen molar-refractivity contribution < 1.29 is 39.1 Å². The molecule has 12 heavy (non-hydrogen) atoms. The number of hydrogen-bond acceptors (Lipinski definition) is 3. The Bertz CT molecular complexity index is 276. The maximum Gasteiger partial charge on any atom is 1.00 e. The van der Waals surface area contributed by atoms with Crippen LogP contribution in [0.3, 0.4) is 0 Å². The molecule has 0 heterocycles. The van der Waals surface area contributed by atoms with E-state index in [0.717, 1.165) is 6.29 Å². The van der Waals surface area contributed by atoms with Gasteiger partial charge in [0.1, 0.15) is 6.29 Å². The number of benzene rings is 1. The molecule has 0 aliphatic carbocycles. The molecule has 0 N–H and O–H groups in total. The fraction of sp³-hybridized carbons (Fsp3) is 0.125. The average Bonchev–Trinajstić information content (AvgIpc) is 2.05. The van der Waals surface area contributed by atoms with Crippen LogP contribution in [-0.4, -0.2) is 13.4 Å². The van der Waals surface area contributed by atoms with Crippen LogP contribution in [0.25, 0.3) is 0 Å². The summed E-state index contributed by atoms with van der Waals surface area (Å²) in [6.07, 6.45) is 0.727. The van der Waals surface area contributed by atoms with Crippen molar-refractivity contribution in [2.45, 2.75) is 4.90 Å². The Kier molecular flexibility index (Phi) is 5.50. The second-order valence-electron chi connectivity index (χ2n) is 2.00. The number of carbonyl (C=O) groups excluding carboxylic acids is 1. The van der Waals surface area contributed by atoms with E-state index in [9.17, 15) is 4.79 Å². The van der Waals surface area contributed by atoms with Crippen LogP contribution in [-0.2, 0) is 12.6 Å². The fourth-order valence-corrected chi connectivity index (χ4v) is 1.05. The van der Waals surface area contributed by atoms with Crippen LogP contribution >= 0.6 is 0 Å². The van der Waals surface area contributed by atoms with Gasteiger partial charge in [-0.15, -0.1) is 4.90 Å². The normalized spacial score (nSPS) is 8.42. The maximum absolute atomic E-state index is 10.4. The van der Waals surface area contributed by atoms with Crippen LogP contribution in [0.2, 0.25) is 0 Å². The molecular formula is C8H7NaO2S. The van der Waals surface area contributed by atoms with Crippen LogP contribution < -0.4 is 34.3 Å². The van der Waals surface area contributed by atoms with Gasteiger partial charge in [0.15, 0.2) is 0 Å². The zero-order valence-corrected chi connectivity index (χ0v) is 9.85. The summed E-state index contributed by atoms with van der Waals surface area (Å²) in [5.74, 6) is 0.574. The van der Waals surface area contributed by atoms with E-state index in [0.29, 0.717) is 16.2 Å². The molecule has 1 aromatic rings. The summed E-state index contributed by atoms with van der Waals surface area (Å²) in [7, 11) is 1.53. The third-order valence-corrected chi connectivity index (χ3v) is 1.79. The zero-order chi connectivity index (χ0) is 8.27. The topological polar surface area (TPSA) is 26.3 Å². The SMILES string of the molecule is COc1cccc(C=O)c1[S-].[Na+]. The van der Waals surface area contributed by atoms with Crippen molar-refractivity contribution >= 4 is 18.9 Å². The Morgan fingerprint density at radius 2 is 2.17 bits per heavy atom. The van der Waals surface area contributed by atoms with Gasteiger partial charge in [-0.25, -0.2) is 0 Å². The van der Waals surface area contributed by atoms with Crippen LogP contribution in [0.1, 0.15) is 10.4 Å². The molecule has 1 rings (SSSR count). The molecule has 0 aliphatic rings. The Balaban J connectivity index is 0.00000121. The number of aldehydes is 1. The van der Waals surface area contributed by atoms with E-state index in [2.05, 4.69) is 0 Å². The average molecular weight is 190 g/mol. The Morgan fingerprint density at radius 1 is 1.50 bits per heavy atom. The van der Waals surface area contributed by atoms with E-state index < -0.39 is 0 Å². The molecule has 0 bridgehead atoms. The second-order valence-corrected chi connectivity index (χ2v) is 2.40. The number of ether oxygens (including phenoxy) is 1. The van der Waals surface area contributed by atoms with Gasteiger partial charge < -0.3 is 17.4 Å². The third-order valence-electron chi connectivity index (χ3n) is 1.36. The van der Waals surface area contributed by atoms with Crippen LogP contribution in [0.5, 0.6) is 5.75 Å². The molecule has 0 radical (unpaired) electrons. The number of rotatable bonds is 2. The van der Waals surface area contributed by atoms with Crippen molar-refractivity contribution in [3.63, 3.8) is 0 Å². The van der Waals surface area contributed by atoms with E-state index in [-0.39, 0.29) is 29.6 Å². The second kappa shape index (κ2) is 5.54. The third kappa shape index (κ3) is 2.45. The minimum atomic E-state index is 0.